The predicted molar refractivity (Wildman–Crippen MR) is 113 cm³/mol. The molecule has 1 N–H and O–H groups in total. The number of benzene rings is 2. The Kier molecular flexibility index (Phi) is 5.63. The van der Waals surface area contributed by atoms with Gasteiger partial charge in [-0.25, -0.2) is 13.5 Å². The number of nitrogens with zero attached hydrogens (tertiary/aromatic N) is 5. The van der Waals surface area contributed by atoms with Crippen LogP contribution in [0, 0.1) is 11.6 Å². The van der Waals surface area contributed by atoms with E-state index in [9.17, 15) is 8.78 Å². The van der Waals surface area contributed by atoms with Gasteiger partial charge < -0.3 is 9.80 Å². The smallest absolute Gasteiger partial charge is 0.214 e. The Labute approximate surface area is 180 Å². The van der Waals surface area contributed by atoms with Gasteiger partial charge in [-0.2, -0.15) is 0 Å². The van der Waals surface area contributed by atoms with Crippen LogP contribution in [0.4, 0.5) is 14.5 Å². The van der Waals surface area contributed by atoms with E-state index in [0.717, 1.165) is 56.1 Å². The molecule has 6 nitrogen and oxygen atoms in total. The molecule has 1 saturated heterocycles. The second kappa shape index (κ2) is 8.70. The zero-order chi connectivity index (χ0) is 21.2. The molecule has 8 heteroatoms. The van der Waals surface area contributed by atoms with Crippen LogP contribution in [0.1, 0.15) is 49.2 Å². The zero-order valence-electron chi connectivity index (χ0n) is 17.4. The van der Waals surface area contributed by atoms with E-state index in [1.807, 2.05) is 28.9 Å². The molecule has 2 aliphatic rings. The second-order valence-corrected chi connectivity index (χ2v) is 8.53. The monoisotopic (exact) mass is 425 g/mol. The number of hydrogen-bond donors (Lipinski definition) is 1. The largest absolute Gasteiger partial charge is 0.360 e. The quantitative estimate of drug-likeness (QED) is 0.683. The van der Waals surface area contributed by atoms with E-state index in [-0.39, 0.29) is 17.7 Å². The average molecular weight is 426 g/mol. The lowest BCUT2D eigenvalue weighted by Crippen LogP contribution is -3.15. The highest BCUT2D eigenvalue weighted by molar-refractivity contribution is 5.46. The molecule has 1 aliphatic heterocycles. The Balaban J connectivity index is 1.41. The number of tetrazole rings is 1. The highest BCUT2D eigenvalue weighted by atomic mass is 19.1. The van der Waals surface area contributed by atoms with E-state index >= 15 is 0 Å². The minimum absolute atomic E-state index is 0.0495. The Hall–Kier alpha value is -2.87. The van der Waals surface area contributed by atoms with Gasteiger partial charge in [0.25, 0.3) is 0 Å². The molecule has 0 bridgehead atoms. The summed E-state index contributed by atoms with van der Waals surface area (Å²) in [5, 5.41) is 12.8. The number of halogens is 2. The molecule has 31 heavy (non-hydrogen) atoms. The van der Waals surface area contributed by atoms with Crippen LogP contribution in [0.15, 0.2) is 48.5 Å². The lowest BCUT2D eigenvalue weighted by molar-refractivity contribution is -0.927. The third kappa shape index (κ3) is 4.17. The van der Waals surface area contributed by atoms with Crippen LogP contribution in [-0.2, 0) is 0 Å². The van der Waals surface area contributed by atoms with Crippen LogP contribution >= 0.6 is 0 Å². The van der Waals surface area contributed by atoms with E-state index in [4.69, 9.17) is 0 Å². The first-order chi connectivity index (χ1) is 15.2. The average Bonchev–Trinajstić information content (AvgIpc) is 3.48. The van der Waals surface area contributed by atoms with Crippen molar-refractivity contribution in [1.29, 1.82) is 0 Å². The Morgan fingerprint density at radius 2 is 1.48 bits per heavy atom. The molecule has 162 valence electrons. The summed E-state index contributed by atoms with van der Waals surface area (Å²) in [6, 6.07) is 13.7. The first kappa shape index (κ1) is 20.1. The Morgan fingerprint density at radius 3 is 2.13 bits per heavy atom. The maximum absolute atomic E-state index is 13.6. The fraction of sp³-hybridized carbons (Fsp3) is 0.435. The van der Waals surface area contributed by atoms with Crippen molar-refractivity contribution in [3.8, 4) is 0 Å². The Bertz CT molecular complexity index is 990. The van der Waals surface area contributed by atoms with Crippen molar-refractivity contribution >= 4 is 5.69 Å². The van der Waals surface area contributed by atoms with Gasteiger partial charge >= 0.3 is 0 Å². The van der Waals surface area contributed by atoms with Gasteiger partial charge in [-0.05, 0) is 71.8 Å². The van der Waals surface area contributed by atoms with Gasteiger partial charge in [0.15, 0.2) is 6.04 Å². The number of quaternary nitrogens is 1. The standard InChI is InChI=1S/C23H26F2N6/c24-18-7-5-17(6-8-18)22(23-26-27-28-31(23)21-3-1-2-4-21)30-15-13-29(14-16-30)20-11-9-19(25)10-12-20/h5-12,21-22H,1-4,13-16H2/p+1/t22-/m0/s1. The van der Waals surface area contributed by atoms with Crippen molar-refractivity contribution in [3.63, 3.8) is 0 Å². The van der Waals surface area contributed by atoms with Crippen LogP contribution < -0.4 is 9.80 Å². The third-order valence-electron chi connectivity index (χ3n) is 6.66. The van der Waals surface area contributed by atoms with E-state index < -0.39 is 0 Å². The van der Waals surface area contributed by atoms with Gasteiger partial charge in [0, 0.05) is 11.3 Å². The topological polar surface area (TPSA) is 51.3 Å². The zero-order valence-corrected chi connectivity index (χ0v) is 17.4. The summed E-state index contributed by atoms with van der Waals surface area (Å²) in [5.74, 6) is 0.404. The summed E-state index contributed by atoms with van der Waals surface area (Å²) in [6.07, 6.45) is 4.60. The molecule has 0 spiro atoms. The van der Waals surface area contributed by atoms with E-state index in [1.165, 1.54) is 42.0 Å². The van der Waals surface area contributed by atoms with Crippen LogP contribution in [-0.4, -0.2) is 46.4 Å². The van der Waals surface area contributed by atoms with Crippen LogP contribution in [0.2, 0.25) is 0 Å². The second-order valence-electron chi connectivity index (χ2n) is 8.53. The number of aromatic nitrogens is 4. The summed E-state index contributed by atoms with van der Waals surface area (Å²) in [6.45, 7) is 3.47. The van der Waals surface area contributed by atoms with Crippen LogP contribution in [0.3, 0.4) is 0 Å². The molecule has 5 rings (SSSR count). The van der Waals surface area contributed by atoms with E-state index in [1.54, 1.807) is 0 Å². The van der Waals surface area contributed by atoms with Gasteiger partial charge in [0.2, 0.25) is 5.82 Å². The summed E-state index contributed by atoms with van der Waals surface area (Å²) < 4.78 is 28.9. The van der Waals surface area contributed by atoms with Crippen LogP contribution in [0.5, 0.6) is 0 Å². The molecule has 2 fully saturated rings. The minimum atomic E-state index is -0.242. The van der Waals surface area contributed by atoms with Gasteiger partial charge in [-0.15, -0.1) is 5.10 Å². The van der Waals surface area contributed by atoms with Crippen LogP contribution in [0.25, 0.3) is 0 Å². The lowest BCUT2D eigenvalue weighted by Gasteiger charge is -2.37. The summed E-state index contributed by atoms with van der Waals surface area (Å²) in [4.78, 5) is 3.64. The fourth-order valence-electron chi connectivity index (χ4n) is 5.01. The lowest BCUT2D eigenvalue weighted by atomic mass is 10.0. The number of anilines is 1. The number of nitrogens with one attached hydrogen (secondary N) is 1. The third-order valence-corrected chi connectivity index (χ3v) is 6.66. The molecule has 2 heterocycles. The first-order valence-electron chi connectivity index (χ1n) is 11.1. The molecular formula is C23H27F2N6+. The maximum atomic E-state index is 13.6. The van der Waals surface area contributed by atoms with Crippen molar-refractivity contribution < 1.29 is 13.7 Å². The van der Waals surface area contributed by atoms with E-state index in [2.05, 4.69) is 20.4 Å². The normalized spacial score (nSPS) is 19.1. The highest BCUT2D eigenvalue weighted by Gasteiger charge is 2.36. The van der Waals surface area contributed by atoms with Gasteiger partial charge in [0.05, 0.1) is 32.2 Å². The molecule has 1 saturated carbocycles. The molecule has 3 aromatic rings. The molecular weight excluding hydrogens is 398 g/mol. The van der Waals surface area contributed by atoms with Gasteiger partial charge in [-0.1, -0.05) is 12.8 Å². The van der Waals surface area contributed by atoms with Crippen molar-refractivity contribution in [2.45, 2.75) is 37.8 Å². The molecule has 1 aliphatic carbocycles. The Morgan fingerprint density at radius 1 is 0.871 bits per heavy atom. The maximum Gasteiger partial charge on any atom is 0.214 e. The van der Waals surface area contributed by atoms with Gasteiger partial charge in [0.1, 0.15) is 11.6 Å². The fourth-order valence-corrected chi connectivity index (χ4v) is 5.01. The molecule has 1 atom stereocenters. The molecule has 0 amide bonds. The molecule has 0 radical (unpaired) electrons. The van der Waals surface area contributed by atoms with Gasteiger partial charge in [-0.3, -0.25) is 0 Å². The summed E-state index contributed by atoms with van der Waals surface area (Å²) in [7, 11) is 0. The molecule has 2 aromatic carbocycles. The number of hydrogen-bond acceptors (Lipinski definition) is 4. The number of rotatable bonds is 5. The highest BCUT2D eigenvalue weighted by Crippen LogP contribution is 2.31. The molecule has 0 unspecified atom stereocenters. The SMILES string of the molecule is Fc1ccc([C@@H](c2nnnn2C2CCCC2)[NH+]2CCN(c3ccc(F)cc3)CC2)cc1. The minimum Gasteiger partial charge on any atom is -0.360 e. The predicted octanol–water partition coefficient (Wildman–Crippen LogP) is 2.56. The van der Waals surface area contributed by atoms with E-state index in [0.29, 0.717) is 6.04 Å². The van der Waals surface area contributed by atoms with Crippen molar-refractivity contribution in [1.82, 2.24) is 20.2 Å². The first-order valence-corrected chi connectivity index (χ1v) is 11.1. The summed E-state index contributed by atoms with van der Waals surface area (Å²) in [5.41, 5.74) is 2.07. The number of piperazine rings is 1. The molecule has 1 aromatic heterocycles. The van der Waals surface area contributed by atoms with Crippen molar-refractivity contribution in [3.05, 3.63) is 71.6 Å². The van der Waals surface area contributed by atoms with Crippen molar-refractivity contribution in [2.75, 3.05) is 31.1 Å². The van der Waals surface area contributed by atoms with Crippen molar-refractivity contribution in [2.24, 2.45) is 0 Å². The summed E-state index contributed by atoms with van der Waals surface area (Å²) >= 11 is 0.